The molecule has 1 amide bonds. The third-order valence-corrected chi connectivity index (χ3v) is 4.42. The molecule has 1 N–H and O–H groups in total. The highest BCUT2D eigenvalue weighted by molar-refractivity contribution is 5.93. The fraction of sp³-hybridized carbons (Fsp3) is 0.348. The molecule has 0 spiro atoms. The lowest BCUT2D eigenvalue weighted by Gasteiger charge is -2.19. The lowest BCUT2D eigenvalue weighted by molar-refractivity contribution is -0.117. The van der Waals surface area contributed by atoms with E-state index >= 15 is 0 Å². The van der Waals surface area contributed by atoms with Crippen LogP contribution in [0.1, 0.15) is 30.5 Å². The van der Waals surface area contributed by atoms with Gasteiger partial charge < -0.3 is 10.1 Å². The van der Waals surface area contributed by atoms with Gasteiger partial charge in [-0.15, -0.1) is 0 Å². The van der Waals surface area contributed by atoms with Crippen LogP contribution in [-0.4, -0.2) is 31.0 Å². The summed E-state index contributed by atoms with van der Waals surface area (Å²) in [6.07, 6.45) is 3.53. The van der Waals surface area contributed by atoms with Gasteiger partial charge in [0.05, 0.1) is 6.54 Å². The number of hydrogen-bond donors (Lipinski definition) is 1. The molecule has 0 aromatic heterocycles. The maximum atomic E-state index is 12.5. The van der Waals surface area contributed by atoms with Crippen molar-refractivity contribution in [2.75, 3.05) is 25.5 Å². The smallest absolute Gasteiger partial charge is 0.238 e. The average Bonchev–Trinajstić information content (AvgIpc) is 2.67. The molecule has 0 saturated carbocycles. The van der Waals surface area contributed by atoms with Gasteiger partial charge in [0.25, 0.3) is 0 Å². The van der Waals surface area contributed by atoms with Gasteiger partial charge in [-0.25, -0.2) is 0 Å². The number of nitrogens with zero attached hydrogens (tertiary/aromatic N) is 1. The molecular formula is C23H30N2O2. The van der Waals surface area contributed by atoms with Crippen molar-refractivity contribution in [3.63, 3.8) is 0 Å². The second-order valence-corrected chi connectivity index (χ2v) is 6.62. The van der Waals surface area contributed by atoms with E-state index in [1.54, 1.807) is 6.08 Å². The number of hydrogen-bond acceptors (Lipinski definition) is 3. The Morgan fingerprint density at radius 1 is 1.11 bits per heavy atom. The standard InChI is InChI=1S/C23H30N2O2/c1-5-15-27-21-13-11-18(12-14-21)16-25(4)17-22(26)24-23-19(6-2)9-8-10-20(23)7-3/h5,8-14H,1,6-7,15-17H2,2-4H3,(H,24,26). The first-order valence-corrected chi connectivity index (χ1v) is 9.49. The number of likely N-dealkylation sites (N-methyl/N-ethyl adjacent to an activating group) is 1. The van der Waals surface area contributed by atoms with E-state index < -0.39 is 0 Å². The Hall–Kier alpha value is -2.59. The molecule has 144 valence electrons. The van der Waals surface area contributed by atoms with E-state index in [2.05, 4.69) is 43.9 Å². The van der Waals surface area contributed by atoms with Gasteiger partial charge in [0, 0.05) is 12.2 Å². The molecule has 2 aromatic carbocycles. The van der Waals surface area contributed by atoms with Crippen LogP contribution in [0.2, 0.25) is 0 Å². The van der Waals surface area contributed by atoms with Crippen molar-refractivity contribution in [1.29, 1.82) is 0 Å². The van der Waals surface area contributed by atoms with Crippen molar-refractivity contribution >= 4 is 11.6 Å². The minimum absolute atomic E-state index is 0.0130. The van der Waals surface area contributed by atoms with Crippen molar-refractivity contribution in [2.45, 2.75) is 33.2 Å². The average molecular weight is 367 g/mol. The Bertz CT molecular complexity index is 731. The van der Waals surface area contributed by atoms with Gasteiger partial charge >= 0.3 is 0 Å². The number of carbonyl (C=O) groups excluding carboxylic acids is 1. The molecule has 0 fully saturated rings. The summed E-state index contributed by atoms with van der Waals surface area (Å²) in [5.74, 6) is 0.835. The fourth-order valence-corrected chi connectivity index (χ4v) is 3.04. The monoisotopic (exact) mass is 366 g/mol. The van der Waals surface area contributed by atoms with Crippen molar-refractivity contribution < 1.29 is 9.53 Å². The SMILES string of the molecule is C=CCOc1ccc(CN(C)CC(=O)Nc2c(CC)cccc2CC)cc1. The zero-order valence-electron chi connectivity index (χ0n) is 16.6. The van der Waals surface area contributed by atoms with E-state index in [1.165, 1.54) is 11.1 Å². The van der Waals surface area contributed by atoms with Gasteiger partial charge in [-0.2, -0.15) is 0 Å². The number of para-hydroxylation sites is 1. The minimum atomic E-state index is 0.0130. The van der Waals surface area contributed by atoms with Crippen LogP contribution >= 0.6 is 0 Å². The number of nitrogens with one attached hydrogen (secondary N) is 1. The maximum absolute atomic E-state index is 12.5. The number of anilines is 1. The van der Waals surface area contributed by atoms with Crippen molar-refractivity contribution in [3.8, 4) is 5.75 Å². The Morgan fingerprint density at radius 3 is 2.30 bits per heavy atom. The van der Waals surface area contributed by atoms with Crippen LogP contribution in [0.15, 0.2) is 55.1 Å². The van der Waals surface area contributed by atoms with Crippen molar-refractivity contribution in [1.82, 2.24) is 4.90 Å². The molecular weight excluding hydrogens is 336 g/mol. The Kier molecular flexibility index (Phi) is 8.08. The third kappa shape index (κ3) is 6.26. The van der Waals surface area contributed by atoms with Gasteiger partial charge in [0.15, 0.2) is 0 Å². The quantitative estimate of drug-likeness (QED) is 0.632. The highest BCUT2D eigenvalue weighted by Crippen LogP contribution is 2.22. The number of aryl methyl sites for hydroxylation is 2. The molecule has 0 bridgehead atoms. The molecule has 0 radical (unpaired) electrons. The molecule has 0 unspecified atom stereocenters. The van der Waals surface area contributed by atoms with E-state index in [4.69, 9.17) is 4.74 Å². The molecule has 0 aliphatic heterocycles. The van der Waals surface area contributed by atoms with E-state index in [0.29, 0.717) is 19.7 Å². The van der Waals surface area contributed by atoms with Crippen molar-refractivity contribution in [3.05, 3.63) is 71.8 Å². The van der Waals surface area contributed by atoms with Crippen LogP contribution in [0.5, 0.6) is 5.75 Å². The van der Waals surface area contributed by atoms with E-state index in [1.807, 2.05) is 36.2 Å². The first-order valence-electron chi connectivity index (χ1n) is 9.49. The molecule has 0 heterocycles. The molecule has 2 aromatic rings. The normalized spacial score (nSPS) is 10.7. The van der Waals surface area contributed by atoms with Crippen molar-refractivity contribution in [2.24, 2.45) is 0 Å². The van der Waals surface area contributed by atoms with Crippen LogP contribution < -0.4 is 10.1 Å². The number of ether oxygens (including phenoxy) is 1. The second-order valence-electron chi connectivity index (χ2n) is 6.62. The van der Waals surface area contributed by atoms with Gasteiger partial charge in [0.1, 0.15) is 12.4 Å². The molecule has 0 atom stereocenters. The van der Waals surface area contributed by atoms with Gasteiger partial charge in [0.2, 0.25) is 5.91 Å². The fourth-order valence-electron chi connectivity index (χ4n) is 3.04. The molecule has 2 rings (SSSR count). The van der Waals surface area contributed by atoms with E-state index in [9.17, 15) is 4.79 Å². The molecule has 0 saturated heterocycles. The van der Waals surface area contributed by atoms with Gasteiger partial charge in [-0.05, 0) is 48.7 Å². The van der Waals surface area contributed by atoms with E-state index in [0.717, 1.165) is 29.8 Å². The molecule has 0 aliphatic carbocycles. The highest BCUT2D eigenvalue weighted by atomic mass is 16.5. The summed E-state index contributed by atoms with van der Waals surface area (Å²) < 4.78 is 5.49. The largest absolute Gasteiger partial charge is 0.490 e. The minimum Gasteiger partial charge on any atom is -0.490 e. The summed E-state index contributed by atoms with van der Waals surface area (Å²) in [6, 6.07) is 14.1. The van der Waals surface area contributed by atoms with Crippen LogP contribution in [-0.2, 0) is 24.2 Å². The first kappa shape index (κ1) is 20.7. The number of amides is 1. The summed E-state index contributed by atoms with van der Waals surface area (Å²) in [5, 5.41) is 3.12. The topological polar surface area (TPSA) is 41.6 Å². The zero-order chi connectivity index (χ0) is 19.6. The summed E-state index contributed by atoms with van der Waals surface area (Å²) in [5.41, 5.74) is 4.48. The Morgan fingerprint density at radius 2 is 1.74 bits per heavy atom. The van der Waals surface area contributed by atoms with Crippen LogP contribution in [0.4, 0.5) is 5.69 Å². The second kappa shape index (κ2) is 10.5. The predicted octanol–water partition coefficient (Wildman–Crippen LogP) is 4.45. The summed E-state index contributed by atoms with van der Waals surface area (Å²) in [4.78, 5) is 14.5. The Labute approximate surface area is 162 Å². The molecule has 4 heteroatoms. The van der Waals surface area contributed by atoms with Crippen LogP contribution in [0.25, 0.3) is 0 Å². The maximum Gasteiger partial charge on any atom is 0.238 e. The molecule has 4 nitrogen and oxygen atoms in total. The third-order valence-electron chi connectivity index (χ3n) is 4.42. The first-order chi connectivity index (χ1) is 13.1. The van der Waals surface area contributed by atoms with Gasteiger partial charge in [-0.3, -0.25) is 9.69 Å². The number of benzene rings is 2. The van der Waals surface area contributed by atoms with Gasteiger partial charge in [-0.1, -0.05) is 56.8 Å². The van der Waals surface area contributed by atoms with E-state index in [-0.39, 0.29) is 5.91 Å². The summed E-state index contributed by atoms with van der Waals surface area (Å²) in [6.45, 7) is 9.40. The summed E-state index contributed by atoms with van der Waals surface area (Å²) >= 11 is 0. The summed E-state index contributed by atoms with van der Waals surface area (Å²) in [7, 11) is 1.95. The molecule has 0 aliphatic rings. The lowest BCUT2D eigenvalue weighted by Crippen LogP contribution is -2.30. The molecule has 27 heavy (non-hydrogen) atoms. The predicted molar refractivity (Wildman–Crippen MR) is 112 cm³/mol. The zero-order valence-corrected chi connectivity index (χ0v) is 16.6. The lowest BCUT2D eigenvalue weighted by atomic mass is 10.0. The number of rotatable bonds is 10. The van der Waals surface area contributed by atoms with Crippen LogP contribution in [0.3, 0.4) is 0 Å². The number of carbonyl (C=O) groups is 1. The van der Waals surface area contributed by atoms with Crippen LogP contribution in [0, 0.1) is 0 Å². The Balaban J connectivity index is 1.93. The highest BCUT2D eigenvalue weighted by Gasteiger charge is 2.12.